The van der Waals surface area contributed by atoms with Gasteiger partial charge in [-0.05, 0) is 29.5 Å². The van der Waals surface area contributed by atoms with Crippen LogP contribution in [0, 0.1) is 5.92 Å². The van der Waals surface area contributed by atoms with Crippen molar-refractivity contribution in [3.05, 3.63) is 34.9 Å². The average molecular weight is 295 g/mol. The van der Waals surface area contributed by atoms with Crippen LogP contribution in [0.15, 0.2) is 24.3 Å². The molecule has 1 aliphatic carbocycles. The molecule has 2 rings (SSSR count). The van der Waals surface area contributed by atoms with Gasteiger partial charge in [0.1, 0.15) is 0 Å². The highest BCUT2D eigenvalue weighted by atomic mass is 35.5. The van der Waals surface area contributed by atoms with Gasteiger partial charge in [-0.2, -0.15) is 0 Å². The van der Waals surface area contributed by atoms with Crippen molar-refractivity contribution in [2.45, 2.75) is 63.5 Å². The summed E-state index contributed by atoms with van der Waals surface area (Å²) in [5, 5.41) is 0.852. The van der Waals surface area contributed by atoms with E-state index in [9.17, 15) is 0 Å². The fraction of sp³-hybridized carbons (Fsp3) is 0.647. The maximum absolute atomic E-state index is 5.94. The molecule has 0 N–H and O–H groups in total. The van der Waals surface area contributed by atoms with Crippen LogP contribution in [-0.2, 0) is 0 Å². The first-order chi connectivity index (χ1) is 9.25. The first-order valence-electron chi connectivity index (χ1n) is 8.01. The van der Waals surface area contributed by atoms with Gasteiger partial charge < -0.3 is 0 Å². The van der Waals surface area contributed by atoms with E-state index in [1.54, 1.807) is 6.04 Å². The molecule has 0 spiro atoms. The molecule has 0 heterocycles. The summed E-state index contributed by atoms with van der Waals surface area (Å²) < 4.78 is 0. The zero-order chi connectivity index (χ0) is 13.5. The summed E-state index contributed by atoms with van der Waals surface area (Å²) in [7, 11) is 0.132. The lowest BCUT2D eigenvalue weighted by Crippen LogP contribution is -2.07. The minimum absolute atomic E-state index is 0.132. The molecule has 0 nitrogen and oxygen atoms in total. The van der Waals surface area contributed by atoms with E-state index < -0.39 is 0 Å². The van der Waals surface area contributed by atoms with E-state index in [1.165, 1.54) is 50.1 Å². The fourth-order valence-electron chi connectivity index (χ4n) is 3.32. The molecule has 2 heteroatoms. The van der Waals surface area contributed by atoms with Crippen LogP contribution in [0.5, 0.6) is 0 Å². The third-order valence-electron chi connectivity index (χ3n) is 4.66. The molecule has 1 unspecified atom stereocenters. The molecule has 0 amide bonds. The van der Waals surface area contributed by atoms with E-state index >= 15 is 0 Å². The number of hydrogen-bond donors (Lipinski definition) is 0. The molecule has 0 aliphatic heterocycles. The zero-order valence-corrected chi connectivity index (χ0v) is 14.4. The molecule has 0 saturated heterocycles. The summed E-state index contributed by atoms with van der Waals surface area (Å²) in [4.78, 5) is 0. The van der Waals surface area contributed by atoms with Gasteiger partial charge >= 0.3 is 0 Å². The van der Waals surface area contributed by atoms with Crippen LogP contribution in [0.1, 0.15) is 56.9 Å². The van der Waals surface area contributed by atoms with Crippen LogP contribution in [0.4, 0.5) is 0 Å². The molecule has 1 aromatic rings. The third-order valence-corrected chi connectivity index (χ3v) is 7.10. The highest BCUT2D eigenvalue weighted by molar-refractivity contribution is 6.35. The molecule has 0 radical (unpaired) electrons. The Kier molecular flexibility index (Phi) is 6.46. The van der Waals surface area contributed by atoms with Gasteiger partial charge in [0.05, 0.1) is 0 Å². The van der Waals surface area contributed by atoms with Gasteiger partial charge in [0.25, 0.3) is 0 Å². The van der Waals surface area contributed by atoms with Gasteiger partial charge in [-0.15, -0.1) is 0 Å². The molecular weight excluding hydrogens is 268 g/mol. The van der Waals surface area contributed by atoms with Crippen LogP contribution >= 0.6 is 11.6 Å². The predicted octanol–water partition coefficient (Wildman–Crippen LogP) is 5.42. The van der Waals surface area contributed by atoms with Crippen LogP contribution < -0.4 is 0 Å². The zero-order valence-electron chi connectivity index (χ0n) is 12.2. The monoisotopic (exact) mass is 294 g/mol. The van der Waals surface area contributed by atoms with Crippen molar-refractivity contribution in [2.24, 2.45) is 5.92 Å². The maximum atomic E-state index is 5.94. The molecule has 1 fully saturated rings. The Labute approximate surface area is 125 Å². The normalized spacial score (nSPS) is 19.1. The molecule has 0 bridgehead atoms. The Bertz CT molecular complexity index is 354. The van der Waals surface area contributed by atoms with Crippen molar-refractivity contribution in [1.29, 1.82) is 0 Å². The Morgan fingerprint density at radius 3 is 2.53 bits per heavy atom. The molecular formula is C17H27ClSi. The molecule has 106 valence electrons. The SMILES string of the molecule is CC(C[SiH2]CCC1CCCCC1)c1ccc(Cl)cc1. The molecule has 1 atom stereocenters. The second kappa shape index (κ2) is 8.11. The second-order valence-electron chi connectivity index (χ2n) is 6.24. The molecule has 1 aliphatic rings. The fourth-order valence-corrected chi connectivity index (χ4v) is 5.54. The second-order valence-corrected chi connectivity index (χ2v) is 8.67. The van der Waals surface area contributed by atoms with E-state index in [-0.39, 0.29) is 9.52 Å². The minimum atomic E-state index is 0.132. The van der Waals surface area contributed by atoms with Gasteiger partial charge in [0.15, 0.2) is 0 Å². The van der Waals surface area contributed by atoms with Crippen LogP contribution in [-0.4, -0.2) is 9.52 Å². The highest BCUT2D eigenvalue weighted by Crippen LogP contribution is 2.28. The third kappa shape index (κ3) is 5.31. The summed E-state index contributed by atoms with van der Waals surface area (Å²) in [6, 6.07) is 11.5. The number of hydrogen-bond acceptors (Lipinski definition) is 0. The molecule has 0 aromatic heterocycles. The largest absolute Gasteiger partial charge is 0.0843 e. The van der Waals surface area contributed by atoms with E-state index in [1.807, 2.05) is 12.1 Å². The average Bonchev–Trinajstić information content (AvgIpc) is 2.45. The first-order valence-corrected chi connectivity index (χ1v) is 10.4. The quantitative estimate of drug-likeness (QED) is 0.485. The smallest absolute Gasteiger partial charge is 0.0406 e. The van der Waals surface area contributed by atoms with Crippen molar-refractivity contribution >= 4 is 21.1 Å². The highest BCUT2D eigenvalue weighted by Gasteiger charge is 2.13. The van der Waals surface area contributed by atoms with Crippen molar-refractivity contribution in [3.8, 4) is 0 Å². The first kappa shape index (κ1) is 15.1. The van der Waals surface area contributed by atoms with Crippen molar-refractivity contribution < 1.29 is 0 Å². The van der Waals surface area contributed by atoms with E-state index in [2.05, 4.69) is 19.1 Å². The summed E-state index contributed by atoms with van der Waals surface area (Å²) in [5.41, 5.74) is 1.47. The lowest BCUT2D eigenvalue weighted by Gasteiger charge is -2.21. The van der Waals surface area contributed by atoms with Crippen molar-refractivity contribution in [1.82, 2.24) is 0 Å². The summed E-state index contributed by atoms with van der Waals surface area (Å²) in [6.45, 7) is 2.37. The van der Waals surface area contributed by atoms with Crippen molar-refractivity contribution in [2.75, 3.05) is 0 Å². The summed E-state index contributed by atoms with van der Waals surface area (Å²) >= 11 is 5.94. The maximum Gasteiger partial charge on any atom is 0.0406 e. The van der Waals surface area contributed by atoms with Crippen molar-refractivity contribution in [3.63, 3.8) is 0 Å². The molecule has 19 heavy (non-hydrogen) atoms. The van der Waals surface area contributed by atoms with Crippen LogP contribution in [0.25, 0.3) is 0 Å². The predicted molar refractivity (Wildman–Crippen MR) is 89.2 cm³/mol. The van der Waals surface area contributed by atoms with E-state index in [0.29, 0.717) is 0 Å². The Morgan fingerprint density at radius 1 is 1.16 bits per heavy atom. The van der Waals surface area contributed by atoms with E-state index in [4.69, 9.17) is 11.6 Å². The van der Waals surface area contributed by atoms with Gasteiger partial charge in [-0.1, -0.05) is 81.3 Å². The summed E-state index contributed by atoms with van der Waals surface area (Å²) in [5.74, 6) is 1.81. The lowest BCUT2D eigenvalue weighted by atomic mass is 9.88. The molecule has 1 saturated carbocycles. The minimum Gasteiger partial charge on any atom is -0.0843 e. The van der Waals surface area contributed by atoms with Crippen LogP contribution in [0.3, 0.4) is 0 Å². The number of rotatable bonds is 6. The Balaban J connectivity index is 1.63. The summed E-state index contributed by atoms with van der Waals surface area (Å²) in [6.07, 6.45) is 9.03. The van der Waals surface area contributed by atoms with Crippen LogP contribution in [0.2, 0.25) is 17.1 Å². The number of benzene rings is 1. The van der Waals surface area contributed by atoms with Gasteiger partial charge in [0.2, 0.25) is 0 Å². The van der Waals surface area contributed by atoms with Gasteiger partial charge in [0, 0.05) is 14.5 Å². The molecule has 1 aromatic carbocycles. The van der Waals surface area contributed by atoms with Gasteiger partial charge in [-0.25, -0.2) is 0 Å². The Hall–Kier alpha value is -0.273. The van der Waals surface area contributed by atoms with Gasteiger partial charge in [-0.3, -0.25) is 0 Å². The Morgan fingerprint density at radius 2 is 1.84 bits per heavy atom. The number of halogens is 1. The topological polar surface area (TPSA) is 0 Å². The van der Waals surface area contributed by atoms with E-state index in [0.717, 1.165) is 16.9 Å². The standard InChI is InChI=1S/C17H27ClSi/c1-14(16-7-9-17(18)10-8-16)13-19-12-11-15-5-3-2-4-6-15/h7-10,14-15H,2-6,11-13,19H2,1H3. The lowest BCUT2D eigenvalue weighted by molar-refractivity contribution is 0.349.